The number of nitriles is 1. The Morgan fingerprint density at radius 2 is 2.00 bits per heavy atom. The van der Waals surface area contributed by atoms with Crippen molar-refractivity contribution in [2.75, 3.05) is 26.2 Å². The van der Waals surface area contributed by atoms with E-state index in [1.165, 1.54) is 0 Å². The number of hydrogen-bond acceptors (Lipinski definition) is 4. The predicted octanol–water partition coefficient (Wildman–Crippen LogP) is 1.73. The van der Waals surface area contributed by atoms with Crippen LogP contribution in [0.4, 0.5) is 0 Å². The summed E-state index contributed by atoms with van der Waals surface area (Å²) in [5, 5.41) is 17.6. The van der Waals surface area contributed by atoms with Crippen molar-refractivity contribution in [2.45, 2.75) is 12.8 Å². The molecule has 1 aliphatic heterocycles. The normalized spacial score (nSPS) is 16.6. The van der Waals surface area contributed by atoms with Crippen LogP contribution < -0.4 is 4.74 Å². The van der Waals surface area contributed by atoms with Gasteiger partial charge in [0.25, 0.3) is 0 Å². The van der Waals surface area contributed by atoms with Gasteiger partial charge in [-0.25, -0.2) is 0 Å². The second-order valence-electron chi connectivity index (χ2n) is 4.94. The zero-order valence-corrected chi connectivity index (χ0v) is 11.3. The second kappa shape index (κ2) is 6.92. The van der Waals surface area contributed by atoms with E-state index in [1.807, 2.05) is 0 Å². The van der Waals surface area contributed by atoms with Crippen LogP contribution in [0.5, 0.6) is 5.75 Å². The minimum Gasteiger partial charge on any atom is -0.492 e. The van der Waals surface area contributed by atoms with Crippen molar-refractivity contribution in [3.05, 3.63) is 29.8 Å². The van der Waals surface area contributed by atoms with E-state index in [-0.39, 0.29) is 5.92 Å². The molecule has 0 atom stereocenters. The number of hydrogen-bond donors (Lipinski definition) is 1. The van der Waals surface area contributed by atoms with Gasteiger partial charge < -0.3 is 9.84 Å². The van der Waals surface area contributed by atoms with Gasteiger partial charge in [-0.15, -0.1) is 0 Å². The molecule has 106 valence electrons. The summed E-state index contributed by atoms with van der Waals surface area (Å²) in [5.74, 6) is -0.117. The van der Waals surface area contributed by atoms with Crippen LogP contribution in [-0.2, 0) is 4.79 Å². The molecule has 20 heavy (non-hydrogen) atoms. The molecule has 1 fully saturated rings. The average Bonchev–Trinajstić information content (AvgIpc) is 2.48. The first-order valence-electron chi connectivity index (χ1n) is 6.77. The van der Waals surface area contributed by atoms with Gasteiger partial charge in [-0.1, -0.05) is 0 Å². The number of carboxylic acids is 1. The van der Waals surface area contributed by atoms with E-state index < -0.39 is 5.97 Å². The monoisotopic (exact) mass is 274 g/mol. The number of aliphatic carboxylic acids is 1. The third-order valence-corrected chi connectivity index (χ3v) is 3.60. The molecular formula is C15H18N2O3. The Morgan fingerprint density at radius 3 is 2.55 bits per heavy atom. The number of piperidine rings is 1. The lowest BCUT2D eigenvalue weighted by Gasteiger charge is -2.29. The molecule has 1 aromatic rings. The second-order valence-corrected chi connectivity index (χ2v) is 4.94. The molecule has 1 saturated heterocycles. The smallest absolute Gasteiger partial charge is 0.306 e. The van der Waals surface area contributed by atoms with Crippen molar-refractivity contribution in [2.24, 2.45) is 5.92 Å². The maximum atomic E-state index is 10.8. The molecule has 1 aromatic carbocycles. The van der Waals surface area contributed by atoms with Crippen LogP contribution in [0, 0.1) is 17.2 Å². The van der Waals surface area contributed by atoms with Crippen LogP contribution >= 0.6 is 0 Å². The minimum atomic E-state index is -0.682. The van der Waals surface area contributed by atoms with E-state index in [4.69, 9.17) is 15.1 Å². The fourth-order valence-electron chi connectivity index (χ4n) is 2.32. The van der Waals surface area contributed by atoms with Crippen LogP contribution in [0.25, 0.3) is 0 Å². The first-order chi connectivity index (χ1) is 9.69. The molecule has 1 aliphatic rings. The van der Waals surface area contributed by atoms with Crippen LogP contribution in [0.1, 0.15) is 18.4 Å². The number of nitrogens with zero attached hydrogens (tertiary/aromatic N) is 2. The zero-order valence-electron chi connectivity index (χ0n) is 11.3. The van der Waals surface area contributed by atoms with Gasteiger partial charge in [0, 0.05) is 6.54 Å². The van der Waals surface area contributed by atoms with E-state index in [2.05, 4.69) is 11.0 Å². The summed E-state index contributed by atoms with van der Waals surface area (Å²) in [6.45, 7) is 3.00. The van der Waals surface area contributed by atoms with E-state index in [0.717, 1.165) is 25.4 Å². The van der Waals surface area contributed by atoms with Crippen molar-refractivity contribution in [1.29, 1.82) is 5.26 Å². The van der Waals surface area contributed by atoms with E-state index in [0.29, 0.717) is 25.0 Å². The molecule has 1 N–H and O–H groups in total. The van der Waals surface area contributed by atoms with Gasteiger partial charge in [0.05, 0.1) is 17.6 Å². The third-order valence-electron chi connectivity index (χ3n) is 3.60. The number of carbonyl (C=O) groups is 1. The van der Waals surface area contributed by atoms with Crippen LogP contribution in [0.2, 0.25) is 0 Å². The van der Waals surface area contributed by atoms with Crippen molar-refractivity contribution < 1.29 is 14.6 Å². The summed E-state index contributed by atoms with van der Waals surface area (Å²) in [5.41, 5.74) is 0.619. The summed E-state index contributed by atoms with van der Waals surface area (Å²) in [6.07, 6.45) is 1.43. The lowest BCUT2D eigenvalue weighted by molar-refractivity contribution is -0.143. The highest BCUT2D eigenvalue weighted by Gasteiger charge is 2.23. The molecule has 0 radical (unpaired) electrons. The fraction of sp³-hybridized carbons (Fsp3) is 0.467. The molecule has 5 nitrogen and oxygen atoms in total. The van der Waals surface area contributed by atoms with Gasteiger partial charge in [-0.2, -0.15) is 5.26 Å². The molecule has 0 aliphatic carbocycles. The SMILES string of the molecule is N#Cc1ccc(OCCN2CCC(C(=O)O)CC2)cc1. The number of rotatable bonds is 5. The minimum absolute atomic E-state index is 0.189. The molecule has 2 rings (SSSR count). The summed E-state index contributed by atoms with van der Waals surface area (Å²) < 4.78 is 5.62. The number of carboxylic acid groups (broad SMARTS) is 1. The number of ether oxygens (including phenoxy) is 1. The molecule has 1 heterocycles. The van der Waals surface area contributed by atoms with Crippen LogP contribution in [0.3, 0.4) is 0 Å². The van der Waals surface area contributed by atoms with Gasteiger partial charge in [-0.3, -0.25) is 9.69 Å². The quantitative estimate of drug-likeness (QED) is 0.885. The third kappa shape index (κ3) is 3.97. The Kier molecular flexibility index (Phi) is 4.97. The molecular weight excluding hydrogens is 256 g/mol. The predicted molar refractivity (Wildman–Crippen MR) is 73.5 cm³/mol. The van der Waals surface area contributed by atoms with Crippen LogP contribution in [-0.4, -0.2) is 42.2 Å². The molecule has 5 heteroatoms. The van der Waals surface area contributed by atoms with E-state index in [1.54, 1.807) is 24.3 Å². The van der Waals surface area contributed by atoms with Gasteiger partial charge >= 0.3 is 5.97 Å². The average molecular weight is 274 g/mol. The van der Waals surface area contributed by atoms with Gasteiger partial charge in [-0.05, 0) is 50.2 Å². The van der Waals surface area contributed by atoms with Gasteiger partial charge in [0.15, 0.2) is 0 Å². The van der Waals surface area contributed by atoms with Gasteiger partial charge in [0.1, 0.15) is 12.4 Å². The van der Waals surface area contributed by atoms with E-state index in [9.17, 15) is 4.79 Å². The molecule has 0 aromatic heterocycles. The number of likely N-dealkylation sites (tertiary alicyclic amines) is 1. The fourth-order valence-corrected chi connectivity index (χ4v) is 2.32. The van der Waals surface area contributed by atoms with Crippen molar-refractivity contribution in [1.82, 2.24) is 4.90 Å². The first-order valence-corrected chi connectivity index (χ1v) is 6.77. The maximum absolute atomic E-state index is 10.8. The highest BCUT2D eigenvalue weighted by atomic mass is 16.5. The summed E-state index contributed by atoms with van der Waals surface area (Å²) in [7, 11) is 0. The largest absolute Gasteiger partial charge is 0.492 e. The zero-order chi connectivity index (χ0) is 14.4. The van der Waals surface area contributed by atoms with Gasteiger partial charge in [0.2, 0.25) is 0 Å². The topological polar surface area (TPSA) is 73.6 Å². The van der Waals surface area contributed by atoms with Crippen LogP contribution in [0.15, 0.2) is 24.3 Å². The summed E-state index contributed by atoms with van der Waals surface area (Å²) >= 11 is 0. The molecule has 0 bridgehead atoms. The first kappa shape index (κ1) is 14.4. The molecule has 0 spiro atoms. The molecule has 0 unspecified atom stereocenters. The summed E-state index contributed by atoms with van der Waals surface area (Å²) in [6, 6.07) is 9.10. The van der Waals surface area contributed by atoms with E-state index >= 15 is 0 Å². The van der Waals surface area contributed by atoms with Crippen molar-refractivity contribution >= 4 is 5.97 Å². The Balaban J connectivity index is 1.69. The Hall–Kier alpha value is -2.06. The Morgan fingerprint density at radius 1 is 1.35 bits per heavy atom. The highest BCUT2D eigenvalue weighted by molar-refractivity contribution is 5.70. The number of benzene rings is 1. The Bertz CT molecular complexity index is 485. The highest BCUT2D eigenvalue weighted by Crippen LogP contribution is 2.17. The Labute approximate surface area is 118 Å². The molecule has 0 amide bonds. The van der Waals surface area contributed by atoms with Crippen molar-refractivity contribution in [3.8, 4) is 11.8 Å². The standard InChI is InChI=1S/C15H18N2O3/c16-11-12-1-3-14(4-2-12)20-10-9-17-7-5-13(6-8-17)15(18)19/h1-4,13H,5-10H2,(H,18,19). The maximum Gasteiger partial charge on any atom is 0.306 e. The lowest BCUT2D eigenvalue weighted by Crippen LogP contribution is -2.38. The van der Waals surface area contributed by atoms with Crippen molar-refractivity contribution in [3.63, 3.8) is 0 Å². The summed E-state index contributed by atoms with van der Waals surface area (Å²) in [4.78, 5) is 13.1. The molecule has 0 saturated carbocycles. The lowest BCUT2D eigenvalue weighted by atomic mass is 9.97.